The Balaban J connectivity index is 2.29. The van der Waals surface area contributed by atoms with Crippen molar-refractivity contribution in [2.75, 3.05) is 37.0 Å². The molecule has 1 aliphatic heterocycles. The summed E-state index contributed by atoms with van der Waals surface area (Å²) in [5.74, 6) is -1.01. The average Bonchev–Trinajstić information content (AvgIpc) is 2.38. The van der Waals surface area contributed by atoms with Crippen molar-refractivity contribution in [3.63, 3.8) is 0 Å². The van der Waals surface area contributed by atoms with Crippen molar-refractivity contribution >= 4 is 17.3 Å². The zero-order valence-electron chi connectivity index (χ0n) is 9.87. The number of carbonyl (C=O) groups is 1. The Labute approximate surface area is 105 Å². The molecule has 0 amide bonds. The topological polar surface area (TPSA) is 96.0 Å². The van der Waals surface area contributed by atoms with Crippen molar-refractivity contribution in [2.45, 2.75) is 6.04 Å². The first-order valence-corrected chi connectivity index (χ1v) is 5.71. The highest BCUT2D eigenvalue weighted by atomic mass is 16.5. The molecule has 0 aliphatic carbocycles. The number of aromatic carboxylic acids is 1. The number of hydrogen-bond donors (Lipinski definition) is 3. The second-order valence-corrected chi connectivity index (χ2v) is 4.18. The molecule has 6 heteroatoms. The molecule has 1 fully saturated rings. The molecule has 98 valence electrons. The van der Waals surface area contributed by atoms with E-state index in [9.17, 15) is 9.90 Å². The molecule has 1 aromatic carbocycles. The molecule has 1 heterocycles. The highest BCUT2D eigenvalue weighted by molar-refractivity contribution is 5.90. The van der Waals surface area contributed by atoms with Crippen molar-refractivity contribution in [3.05, 3.63) is 23.8 Å². The summed E-state index contributed by atoms with van der Waals surface area (Å²) < 4.78 is 5.29. The van der Waals surface area contributed by atoms with Crippen LogP contribution in [0.2, 0.25) is 0 Å². The number of nitrogen functional groups attached to an aromatic ring is 1. The van der Waals surface area contributed by atoms with E-state index in [-0.39, 0.29) is 18.2 Å². The largest absolute Gasteiger partial charge is 0.478 e. The predicted octanol–water partition coefficient (Wildman–Crippen LogP) is 0.164. The molecule has 0 saturated carbocycles. The van der Waals surface area contributed by atoms with Crippen LogP contribution in [0.25, 0.3) is 0 Å². The number of hydrogen-bond acceptors (Lipinski definition) is 5. The van der Waals surface area contributed by atoms with Crippen molar-refractivity contribution in [1.82, 2.24) is 0 Å². The van der Waals surface area contributed by atoms with Crippen molar-refractivity contribution in [1.29, 1.82) is 0 Å². The minimum atomic E-state index is -1.01. The molecular formula is C12H16N2O4. The van der Waals surface area contributed by atoms with Gasteiger partial charge in [-0.2, -0.15) is 0 Å². The fourth-order valence-electron chi connectivity index (χ4n) is 2.07. The van der Waals surface area contributed by atoms with Gasteiger partial charge in [-0.15, -0.1) is 0 Å². The van der Waals surface area contributed by atoms with E-state index in [4.69, 9.17) is 15.6 Å². The van der Waals surface area contributed by atoms with Crippen LogP contribution in [-0.4, -0.2) is 48.6 Å². The molecule has 2 rings (SSSR count). The standard InChI is InChI=1S/C12H16N2O4/c13-10-5-8(12(16)17)1-2-11(10)14-3-4-18-7-9(14)6-15/h1-2,5,9,15H,3-4,6-7,13H2,(H,16,17). The summed E-state index contributed by atoms with van der Waals surface area (Å²) in [6.07, 6.45) is 0. The maximum atomic E-state index is 10.8. The van der Waals surface area contributed by atoms with Gasteiger partial charge in [0.15, 0.2) is 0 Å². The smallest absolute Gasteiger partial charge is 0.335 e. The van der Waals surface area contributed by atoms with Crippen LogP contribution < -0.4 is 10.6 Å². The van der Waals surface area contributed by atoms with E-state index >= 15 is 0 Å². The third kappa shape index (κ3) is 2.39. The first-order valence-electron chi connectivity index (χ1n) is 5.71. The third-order valence-corrected chi connectivity index (χ3v) is 3.02. The molecule has 0 radical (unpaired) electrons. The SMILES string of the molecule is Nc1cc(C(=O)O)ccc1N1CCOCC1CO. The van der Waals surface area contributed by atoms with Crippen LogP contribution >= 0.6 is 0 Å². The number of ether oxygens (including phenoxy) is 1. The lowest BCUT2D eigenvalue weighted by Crippen LogP contribution is -2.47. The Kier molecular flexibility index (Phi) is 3.69. The van der Waals surface area contributed by atoms with Gasteiger partial charge in [-0.25, -0.2) is 4.79 Å². The summed E-state index contributed by atoms with van der Waals surface area (Å²) in [5, 5.41) is 18.2. The number of aliphatic hydroxyl groups excluding tert-OH is 1. The van der Waals surface area contributed by atoms with Crippen molar-refractivity contribution in [2.24, 2.45) is 0 Å². The zero-order valence-corrected chi connectivity index (χ0v) is 9.87. The van der Waals surface area contributed by atoms with Gasteiger partial charge < -0.3 is 25.6 Å². The van der Waals surface area contributed by atoms with Gasteiger partial charge >= 0.3 is 5.97 Å². The second-order valence-electron chi connectivity index (χ2n) is 4.18. The Morgan fingerprint density at radius 1 is 1.56 bits per heavy atom. The van der Waals surface area contributed by atoms with Crippen LogP contribution in [-0.2, 0) is 4.74 Å². The Morgan fingerprint density at radius 3 is 2.94 bits per heavy atom. The lowest BCUT2D eigenvalue weighted by atomic mass is 10.1. The van der Waals surface area contributed by atoms with Crippen molar-refractivity contribution in [3.8, 4) is 0 Å². The Hall–Kier alpha value is -1.79. The fourth-order valence-corrected chi connectivity index (χ4v) is 2.07. The number of rotatable bonds is 3. The van der Waals surface area contributed by atoms with Crippen molar-refractivity contribution < 1.29 is 19.7 Å². The van der Waals surface area contributed by atoms with Gasteiger partial charge in [0.1, 0.15) is 0 Å². The molecule has 18 heavy (non-hydrogen) atoms. The van der Waals surface area contributed by atoms with E-state index in [1.54, 1.807) is 6.07 Å². The highest BCUT2D eigenvalue weighted by Crippen LogP contribution is 2.27. The lowest BCUT2D eigenvalue weighted by Gasteiger charge is -2.37. The van der Waals surface area contributed by atoms with E-state index < -0.39 is 5.97 Å². The molecular weight excluding hydrogens is 236 g/mol. The molecule has 1 aliphatic rings. The summed E-state index contributed by atoms with van der Waals surface area (Å²) >= 11 is 0. The maximum Gasteiger partial charge on any atom is 0.335 e. The summed E-state index contributed by atoms with van der Waals surface area (Å²) in [4.78, 5) is 12.8. The number of aliphatic hydroxyl groups is 1. The minimum absolute atomic E-state index is 0.0277. The van der Waals surface area contributed by atoms with E-state index in [2.05, 4.69) is 0 Å². The molecule has 1 unspecified atom stereocenters. The predicted molar refractivity (Wildman–Crippen MR) is 66.9 cm³/mol. The zero-order chi connectivity index (χ0) is 13.1. The third-order valence-electron chi connectivity index (χ3n) is 3.02. The second kappa shape index (κ2) is 5.24. The molecule has 0 aromatic heterocycles. The van der Waals surface area contributed by atoms with Crippen LogP contribution in [0, 0.1) is 0 Å². The molecule has 1 aromatic rings. The Bertz CT molecular complexity index is 450. The average molecular weight is 252 g/mol. The van der Waals surface area contributed by atoms with Gasteiger partial charge in [-0.3, -0.25) is 0 Å². The number of nitrogens with zero attached hydrogens (tertiary/aromatic N) is 1. The first-order chi connectivity index (χ1) is 8.63. The van der Waals surface area contributed by atoms with E-state index in [0.717, 1.165) is 5.69 Å². The summed E-state index contributed by atoms with van der Waals surface area (Å²) in [7, 11) is 0. The Morgan fingerprint density at radius 2 is 2.33 bits per heavy atom. The summed E-state index contributed by atoms with van der Waals surface area (Å²) in [5.41, 5.74) is 7.17. The molecule has 0 spiro atoms. The van der Waals surface area contributed by atoms with E-state index in [1.807, 2.05) is 4.90 Å². The van der Waals surface area contributed by atoms with Crippen LogP contribution in [0.3, 0.4) is 0 Å². The number of nitrogens with two attached hydrogens (primary N) is 1. The molecule has 1 atom stereocenters. The van der Waals surface area contributed by atoms with Gasteiger partial charge in [0.2, 0.25) is 0 Å². The number of anilines is 2. The number of carboxylic acid groups (broad SMARTS) is 1. The van der Waals surface area contributed by atoms with Gasteiger partial charge in [-0.1, -0.05) is 0 Å². The molecule has 0 bridgehead atoms. The quantitative estimate of drug-likeness (QED) is 0.663. The van der Waals surface area contributed by atoms with E-state index in [0.29, 0.717) is 25.4 Å². The number of benzene rings is 1. The molecule has 4 N–H and O–H groups in total. The first kappa shape index (κ1) is 12.7. The summed E-state index contributed by atoms with van der Waals surface area (Å²) in [6, 6.07) is 4.48. The fraction of sp³-hybridized carbons (Fsp3) is 0.417. The van der Waals surface area contributed by atoms with Gasteiger partial charge in [0.05, 0.1) is 42.8 Å². The maximum absolute atomic E-state index is 10.8. The van der Waals surface area contributed by atoms with Crippen LogP contribution in [0.5, 0.6) is 0 Å². The normalized spacial score (nSPS) is 19.8. The minimum Gasteiger partial charge on any atom is -0.478 e. The number of morpholine rings is 1. The highest BCUT2D eigenvalue weighted by Gasteiger charge is 2.24. The summed E-state index contributed by atoms with van der Waals surface area (Å²) in [6.45, 7) is 1.61. The van der Waals surface area contributed by atoms with Crippen LogP contribution in [0.4, 0.5) is 11.4 Å². The van der Waals surface area contributed by atoms with E-state index in [1.165, 1.54) is 12.1 Å². The lowest BCUT2D eigenvalue weighted by molar-refractivity contribution is 0.0695. The van der Waals surface area contributed by atoms with Crippen LogP contribution in [0.1, 0.15) is 10.4 Å². The van der Waals surface area contributed by atoms with Crippen LogP contribution in [0.15, 0.2) is 18.2 Å². The molecule has 6 nitrogen and oxygen atoms in total. The van der Waals surface area contributed by atoms with Gasteiger partial charge in [0.25, 0.3) is 0 Å². The van der Waals surface area contributed by atoms with Gasteiger partial charge in [0, 0.05) is 6.54 Å². The molecule has 1 saturated heterocycles. The van der Waals surface area contributed by atoms with Gasteiger partial charge in [-0.05, 0) is 18.2 Å². The number of carboxylic acids is 1. The monoisotopic (exact) mass is 252 g/mol.